The minimum Gasteiger partial charge on any atom is -0.345 e. The molecule has 0 atom stereocenters. The molecule has 4 heterocycles. The van der Waals surface area contributed by atoms with Gasteiger partial charge in [0.1, 0.15) is 23.3 Å². The average molecular weight is 1680 g/mol. The van der Waals surface area contributed by atoms with Crippen LogP contribution in [0.3, 0.4) is 0 Å². The van der Waals surface area contributed by atoms with Gasteiger partial charge in [0, 0.05) is 68.7 Å². The van der Waals surface area contributed by atoms with E-state index in [4.69, 9.17) is 19.9 Å². The molecule has 8 heteroatoms. The van der Waals surface area contributed by atoms with Crippen molar-refractivity contribution in [1.82, 2.24) is 39.9 Å². The van der Waals surface area contributed by atoms with Gasteiger partial charge in [-0.05, 0) is 325 Å². The van der Waals surface area contributed by atoms with Crippen LogP contribution in [-0.4, -0.2) is 39.9 Å². The van der Waals surface area contributed by atoms with E-state index < -0.39 is 0 Å². The number of hydrogen-bond acceptors (Lipinski definition) is 4. The molecule has 0 radical (unpaired) electrons. The van der Waals surface area contributed by atoms with Crippen LogP contribution in [0.5, 0.6) is 0 Å². The predicted molar refractivity (Wildman–Crippen MR) is 538 cm³/mol. The van der Waals surface area contributed by atoms with Crippen LogP contribution in [0.15, 0.2) is 170 Å². The van der Waals surface area contributed by atoms with Crippen molar-refractivity contribution < 1.29 is 0 Å². The molecule has 12 aromatic carbocycles. The molecule has 24 rings (SSSR count). The summed E-state index contributed by atoms with van der Waals surface area (Å²) in [6.07, 6.45) is 17.6. The number of nitrogens with zero attached hydrogens (tertiary/aromatic N) is 4. The Morgan fingerprint density at radius 1 is 0.203 bits per heavy atom. The maximum Gasteiger partial charge on any atom is 0.109 e. The van der Waals surface area contributed by atoms with Crippen LogP contribution in [0.4, 0.5) is 0 Å². The SMILES string of the molecule is CC(C)c1nc2c([nH]1)CCc1c-2ccc2c1CCc1c-2ccc2cc(C(C)(C)C)ccc12.CC(C)c1nc2c([nH]1)CCc1c-2ccc2c1CCc1cc3cc(C(C)(C)C)ccc3cc1-2.CC(C)c1nc2c([nH]1)CCc1cc3c(cc1-2)CCc1c-3ccc2cc(C(C)(C)C)ccc12.CC(C)c1nc2c([nH]1)CCc1cc3c(cc1-2)CCc1cc2cc(C(C)(C)C)ccc2cc1-3. The topological polar surface area (TPSA) is 115 Å². The summed E-state index contributed by atoms with van der Waals surface area (Å²) in [6.45, 7) is 45.2. The van der Waals surface area contributed by atoms with Crippen LogP contribution in [0, 0.1) is 0 Å². The van der Waals surface area contributed by atoms with Crippen LogP contribution < -0.4 is 0 Å². The van der Waals surface area contributed by atoms with Crippen LogP contribution in [0.1, 0.15) is 297 Å². The highest BCUT2D eigenvalue weighted by Crippen LogP contribution is 2.51. The summed E-state index contributed by atoms with van der Waals surface area (Å²) < 4.78 is 0. The second-order valence-electron chi connectivity index (χ2n) is 44.2. The third-order valence-corrected chi connectivity index (χ3v) is 30.0. The number of aromatic nitrogens is 8. The number of benzene rings is 12. The number of hydrogen-bond donors (Lipinski definition) is 4. The quantitative estimate of drug-likeness (QED) is 0.141. The number of aryl methyl sites for hydroxylation is 12. The summed E-state index contributed by atoms with van der Waals surface area (Å²) in [5, 5.41) is 11.0. The van der Waals surface area contributed by atoms with Gasteiger partial charge < -0.3 is 19.9 Å². The Labute approximate surface area is 759 Å². The molecule has 8 nitrogen and oxygen atoms in total. The lowest BCUT2D eigenvalue weighted by Gasteiger charge is -2.28. The fourth-order valence-electron chi connectivity index (χ4n) is 22.4. The van der Waals surface area contributed by atoms with Crippen molar-refractivity contribution in [1.29, 1.82) is 0 Å². The van der Waals surface area contributed by atoms with Crippen molar-refractivity contribution in [2.24, 2.45) is 0 Å². The number of fused-ring (bicyclic) bond motifs is 32. The van der Waals surface area contributed by atoms with E-state index in [-0.39, 0.29) is 21.7 Å². The van der Waals surface area contributed by atoms with Gasteiger partial charge in [0.05, 0.1) is 22.8 Å². The Kier molecular flexibility index (Phi) is 20.3. The van der Waals surface area contributed by atoms with Gasteiger partial charge in [-0.2, -0.15) is 0 Å². The molecule has 648 valence electrons. The number of H-pyrrole nitrogens is 4. The molecule has 8 aliphatic rings. The molecule has 8 aliphatic carbocycles. The van der Waals surface area contributed by atoms with E-state index >= 15 is 0 Å². The summed E-state index contributed by atoms with van der Waals surface area (Å²) in [5.41, 5.74) is 51.3. The van der Waals surface area contributed by atoms with Crippen molar-refractivity contribution in [3.05, 3.63) is 305 Å². The van der Waals surface area contributed by atoms with Gasteiger partial charge in [-0.25, -0.2) is 19.9 Å². The van der Waals surface area contributed by atoms with Gasteiger partial charge >= 0.3 is 0 Å². The van der Waals surface area contributed by atoms with E-state index in [9.17, 15) is 0 Å². The molecular weight excluding hydrogens is 1550 g/mol. The highest BCUT2D eigenvalue weighted by atomic mass is 15.0. The second-order valence-corrected chi connectivity index (χ2v) is 44.2. The lowest BCUT2D eigenvalue weighted by molar-refractivity contribution is 0.591. The average Bonchev–Trinajstić information content (AvgIpc) is 1.19. The smallest absolute Gasteiger partial charge is 0.109 e. The minimum atomic E-state index is 0.177. The standard InChI is InChI=1S/4C30H32N2/c1-17(2)29-31-27-13-8-20-15-25-19(16-26(20)28(27)32-29)7-10-23-22-12-9-21(30(3,4)5)14-18(22)6-11-24(23)25;1-17(2)29-31-27-13-12-23-22-9-7-19-14-20-15-21(30(3,4)5)8-6-18(20)16-26(19)24(22)10-11-25(23)28(27)32-29;1-17(2)29-31-27-15-14-25-24-11-10-21-20-9-7-19(30(3,4)5)16-18(20)6-8-22(21)23(24)12-13-26(25)28(27)32-29;1-17(2)29-31-27-11-9-21-15-25-20(16-26(21)28(27)32-29)7-6-19-12-22-13-23(30(3,4)5)10-8-18(22)14-24(19)25/h6,9,11-12,14-17H,7-8,10,13H2,1-5H3,(H,31,32);6,8,10-11,14-17H,7,9,12-13H2,1-5H3,(H,31,32);6-9,12-13,16-17H,10-11,14-15H2,1-5H3,(H,31,32);8,10,12-17H,6-7,9,11H2,1-5H3,(H,31,32). The number of imidazole rings is 4. The zero-order valence-electron chi connectivity index (χ0n) is 79.6. The van der Waals surface area contributed by atoms with E-state index in [1.54, 1.807) is 11.1 Å². The number of aromatic amines is 4. The number of rotatable bonds is 4. The fourth-order valence-corrected chi connectivity index (χ4v) is 22.4. The zero-order chi connectivity index (χ0) is 88.8. The Bertz CT molecular complexity index is 6710. The zero-order valence-corrected chi connectivity index (χ0v) is 79.6. The highest BCUT2D eigenvalue weighted by Gasteiger charge is 2.35. The molecule has 16 aromatic rings. The molecule has 0 saturated heterocycles. The van der Waals surface area contributed by atoms with Gasteiger partial charge in [0.15, 0.2) is 0 Å². The van der Waals surface area contributed by atoms with Gasteiger partial charge in [-0.15, -0.1) is 0 Å². The van der Waals surface area contributed by atoms with E-state index in [2.05, 4.69) is 328 Å². The highest BCUT2D eigenvalue weighted by molar-refractivity contribution is 5.98. The first kappa shape index (κ1) is 83.4. The summed E-state index contributed by atoms with van der Waals surface area (Å²) in [5.74, 6) is 6.19. The second kappa shape index (κ2) is 31.2. The molecule has 0 spiro atoms. The van der Waals surface area contributed by atoms with Gasteiger partial charge in [0.25, 0.3) is 0 Å². The molecule has 4 N–H and O–H groups in total. The first-order chi connectivity index (χ1) is 61.2. The summed E-state index contributed by atoms with van der Waals surface area (Å²) in [7, 11) is 0. The molecule has 0 bridgehead atoms. The summed E-state index contributed by atoms with van der Waals surface area (Å²) in [4.78, 5) is 34.4. The van der Waals surface area contributed by atoms with Crippen molar-refractivity contribution in [3.63, 3.8) is 0 Å². The minimum absolute atomic E-state index is 0.177. The fraction of sp³-hybridized carbons (Fsp3) is 0.367. The first-order valence-electron chi connectivity index (χ1n) is 48.4. The lowest BCUT2D eigenvalue weighted by atomic mass is 9.77. The number of nitrogens with one attached hydrogen (secondary N) is 4. The lowest BCUT2D eigenvalue weighted by Crippen LogP contribution is -2.13. The van der Waals surface area contributed by atoms with E-state index in [1.165, 1.54) is 233 Å². The Balaban J connectivity index is 0.000000104. The Hall–Kier alpha value is -11.5. The molecule has 4 aromatic heterocycles. The molecule has 128 heavy (non-hydrogen) atoms. The summed E-state index contributed by atoms with van der Waals surface area (Å²) >= 11 is 0. The third-order valence-electron chi connectivity index (χ3n) is 30.0. The maximum atomic E-state index is 5.00. The van der Waals surface area contributed by atoms with Gasteiger partial charge in [-0.1, -0.05) is 284 Å². The first-order valence-corrected chi connectivity index (χ1v) is 48.4. The third kappa shape index (κ3) is 14.7. The predicted octanol–water partition coefficient (Wildman–Crippen LogP) is 30.1. The van der Waals surface area contributed by atoms with Crippen molar-refractivity contribution in [2.75, 3.05) is 0 Å². The Morgan fingerprint density at radius 3 is 0.836 bits per heavy atom. The van der Waals surface area contributed by atoms with Crippen LogP contribution in [0.25, 0.3) is 133 Å². The monoisotopic (exact) mass is 1680 g/mol. The van der Waals surface area contributed by atoms with Crippen molar-refractivity contribution >= 4 is 43.1 Å². The van der Waals surface area contributed by atoms with Gasteiger partial charge in [-0.3, -0.25) is 0 Å². The van der Waals surface area contributed by atoms with Crippen LogP contribution in [0.2, 0.25) is 0 Å². The van der Waals surface area contributed by atoms with E-state index in [1.807, 2.05) is 0 Å². The molecule has 0 unspecified atom stereocenters. The molecular formula is C120H128N8. The van der Waals surface area contributed by atoms with Gasteiger partial charge in [0.2, 0.25) is 0 Å². The molecule has 0 fully saturated rings. The normalized spacial score (nSPS) is 14.8. The van der Waals surface area contributed by atoms with Crippen LogP contribution in [-0.2, 0) is 124 Å². The van der Waals surface area contributed by atoms with E-state index in [0.29, 0.717) is 23.7 Å². The molecule has 0 amide bonds. The van der Waals surface area contributed by atoms with Crippen molar-refractivity contribution in [2.45, 2.75) is 287 Å². The largest absolute Gasteiger partial charge is 0.345 e. The van der Waals surface area contributed by atoms with Crippen molar-refractivity contribution in [3.8, 4) is 89.5 Å². The molecule has 0 aliphatic heterocycles. The Morgan fingerprint density at radius 2 is 0.438 bits per heavy atom. The van der Waals surface area contributed by atoms with E-state index in [0.717, 1.165) is 126 Å². The van der Waals surface area contributed by atoms with Crippen LogP contribution >= 0.6 is 0 Å². The summed E-state index contributed by atoms with van der Waals surface area (Å²) in [6, 6.07) is 66.6. The maximum absolute atomic E-state index is 5.00. The molecule has 0 saturated carbocycles.